The van der Waals surface area contributed by atoms with Crippen molar-refractivity contribution in [1.29, 1.82) is 0 Å². The predicted molar refractivity (Wildman–Crippen MR) is 115 cm³/mol. The topological polar surface area (TPSA) is 42.2 Å². The third-order valence-corrected chi connectivity index (χ3v) is 4.78. The van der Waals surface area contributed by atoms with Crippen molar-refractivity contribution in [2.45, 2.75) is 39.2 Å². The van der Waals surface area contributed by atoms with Crippen molar-refractivity contribution in [3.8, 4) is 0 Å². The number of hydrogen-bond donors (Lipinski definition) is 1. The molecule has 2 aromatic carbocycles. The van der Waals surface area contributed by atoms with Gasteiger partial charge in [-0.25, -0.2) is 0 Å². The fourth-order valence-corrected chi connectivity index (χ4v) is 3.04. The second-order valence-electron chi connectivity index (χ2n) is 8.01. The highest BCUT2D eigenvalue weighted by atomic mass is 16.3. The fraction of sp³-hybridized carbons (Fsp3) is 0.240. The molecule has 0 aliphatic heterocycles. The van der Waals surface area contributed by atoms with Gasteiger partial charge in [-0.3, -0.25) is 4.79 Å². The lowest BCUT2D eigenvalue weighted by Gasteiger charge is -2.21. The number of carbonyl (C=O) groups excluding carboxylic acids is 1. The first kappa shape index (κ1) is 19.7. The Morgan fingerprint density at radius 2 is 1.64 bits per heavy atom. The van der Waals surface area contributed by atoms with Crippen LogP contribution in [0.2, 0.25) is 0 Å². The van der Waals surface area contributed by atoms with E-state index in [4.69, 9.17) is 4.42 Å². The summed E-state index contributed by atoms with van der Waals surface area (Å²) in [5.41, 5.74) is 3.89. The smallest absolute Gasteiger partial charge is 0.252 e. The molecule has 144 valence electrons. The number of nitrogens with one attached hydrogen (secondary N) is 1. The molecular formula is C25H27NO2. The highest BCUT2D eigenvalue weighted by Crippen LogP contribution is 2.25. The average Bonchev–Trinajstić information content (AvgIpc) is 3.19. The van der Waals surface area contributed by atoms with E-state index in [1.54, 1.807) is 12.3 Å². The van der Waals surface area contributed by atoms with Gasteiger partial charge in [0, 0.05) is 0 Å². The van der Waals surface area contributed by atoms with Crippen molar-refractivity contribution in [3.63, 3.8) is 0 Å². The summed E-state index contributed by atoms with van der Waals surface area (Å²) >= 11 is 0. The first-order chi connectivity index (χ1) is 13.3. The van der Waals surface area contributed by atoms with Gasteiger partial charge >= 0.3 is 0 Å². The van der Waals surface area contributed by atoms with Gasteiger partial charge in [0.2, 0.25) is 0 Å². The molecular weight excluding hydrogens is 346 g/mol. The van der Waals surface area contributed by atoms with Crippen LogP contribution in [0.1, 0.15) is 56.2 Å². The van der Waals surface area contributed by atoms with E-state index in [9.17, 15) is 4.79 Å². The van der Waals surface area contributed by atoms with Crippen LogP contribution in [0.3, 0.4) is 0 Å². The zero-order valence-corrected chi connectivity index (χ0v) is 16.9. The van der Waals surface area contributed by atoms with E-state index in [-0.39, 0.29) is 17.4 Å². The summed E-state index contributed by atoms with van der Waals surface area (Å²) in [6.07, 6.45) is 3.38. The lowest BCUT2D eigenvalue weighted by atomic mass is 9.86. The van der Waals surface area contributed by atoms with Gasteiger partial charge in [0.1, 0.15) is 5.76 Å². The minimum Gasteiger partial charge on any atom is -0.465 e. The first-order valence-corrected chi connectivity index (χ1v) is 9.56. The number of furan rings is 1. The molecule has 0 saturated heterocycles. The first-order valence-electron chi connectivity index (χ1n) is 9.56. The summed E-state index contributed by atoms with van der Waals surface area (Å²) in [5.74, 6) is 0.520. The van der Waals surface area contributed by atoms with Gasteiger partial charge in [-0.1, -0.05) is 75.4 Å². The van der Waals surface area contributed by atoms with Crippen LogP contribution < -0.4 is 5.32 Å². The van der Waals surface area contributed by atoms with Gasteiger partial charge in [-0.15, -0.1) is 0 Å². The van der Waals surface area contributed by atoms with Crippen LogP contribution in [0.15, 0.2) is 77.4 Å². The molecule has 0 bridgehead atoms. The predicted octanol–water partition coefficient (Wildman–Crippen LogP) is 6.00. The molecule has 1 heterocycles. The van der Waals surface area contributed by atoms with Gasteiger partial charge in [-0.05, 0) is 47.2 Å². The second kappa shape index (κ2) is 8.30. The Bertz CT molecular complexity index is 930. The summed E-state index contributed by atoms with van der Waals surface area (Å²) in [4.78, 5) is 13.1. The van der Waals surface area contributed by atoms with Crippen LogP contribution in [0.4, 0.5) is 0 Å². The Hall–Kier alpha value is -3.07. The highest BCUT2D eigenvalue weighted by Gasteiger charge is 2.18. The van der Waals surface area contributed by atoms with E-state index in [0.29, 0.717) is 11.3 Å². The zero-order valence-electron chi connectivity index (χ0n) is 16.9. The number of hydrogen-bond acceptors (Lipinski definition) is 2. The van der Waals surface area contributed by atoms with Crippen molar-refractivity contribution in [1.82, 2.24) is 5.32 Å². The minimum absolute atomic E-state index is 0.106. The molecule has 0 spiro atoms. The van der Waals surface area contributed by atoms with Gasteiger partial charge in [-0.2, -0.15) is 0 Å². The molecule has 3 aromatic rings. The van der Waals surface area contributed by atoms with Crippen LogP contribution in [-0.2, 0) is 10.2 Å². The van der Waals surface area contributed by atoms with E-state index in [1.807, 2.05) is 49.4 Å². The molecule has 3 rings (SSSR count). The van der Waals surface area contributed by atoms with Crippen molar-refractivity contribution in [2.24, 2.45) is 0 Å². The van der Waals surface area contributed by atoms with Crippen molar-refractivity contribution in [3.05, 3.63) is 95.4 Å². The van der Waals surface area contributed by atoms with Gasteiger partial charge in [0.25, 0.3) is 5.91 Å². The molecule has 0 aliphatic carbocycles. The maximum Gasteiger partial charge on any atom is 0.252 e. The molecule has 1 amide bonds. The molecule has 1 N–H and O–H groups in total. The van der Waals surface area contributed by atoms with Gasteiger partial charge in [0.15, 0.2) is 0 Å². The Morgan fingerprint density at radius 1 is 0.964 bits per heavy atom. The van der Waals surface area contributed by atoms with Gasteiger partial charge < -0.3 is 9.73 Å². The van der Waals surface area contributed by atoms with Crippen molar-refractivity contribution < 1.29 is 9.21 Å². The highest BCUT2D eigenvalue weighted by molar-refractivity contribution is 6.24. The second-order valence-corrected chi connectivity index (χ2v) is 8.01. The molecule has 3 heteroatoms. The van der Waals surface area contributed by atoms with Crippen LogP contribution in [0, 0.1) is 0 Å². The normalized spacial score (nSPS) is 13.2. The number of rotatable bonds is 5. The summed E-state index contributed by atoms with van der Waals surface area (Å²) in [5, 5.41) is 3.12. The summed E-state index contributed by atoms with van der Waals surface area (Å²) in [6, 6.07) is 21.6. The van der Waals surface area contributed by atoms with Crippen LogP contribution in [-0.4, -0.2) is 5.91 Å². The zero-order chi connectivity index (χ0) is 20.1. The lowest BCUT2D eigenvalue weighted by molar-refractivity contribution is -0.116. The largest absolute Gasteiger partial charge is 0.465 e. The third-order valence-electron chi connectivity index (χ3n) is 4.78. The molecule has 0 radical (unpaired) electrons. The monoisotopic (exact) mass is 373 g/mol. The Labute approximate surface area is 167 Å². The van der Waals surface area contributed by atoms with E-state index in [1.165, 1.54) is 5.56 Å². The van der Waals surface area contributed by atoms with E-state index in [0.717, 1.165) is 11.1 Å². The van der Waals surface area contributed by atoms with E-state index in [2.05, 4.69) is 50.4 Å². The van der Waals surface area contributed by atoms with Crippen molar-refractivity contribution in [2.75, 3.05) is 0 Å². The summed E-state index contributed by atoms with van der Waals surface area (Å²) in [7, 11) is 0. The van der Waals surface area contributed by atoms with Gasteiger partial charge in [0.05, 0.1) is 17.9 Å². The SMILES string of the molecule is C[C@H](NC(=O)/C(=C/c1ccco1)c1ccccc1)c1ccc(C(C)(C)C)cc1. The molecule has 0 fully saturated rings. The Morgan fingerprint density at radius 3 is 2.21 bits per heavy atom. The molecule has 0 saturated carbocycles. The summed E-state index contributed by atoms with van der Waals surface area (Å²) < 4.78 is 5.41. The minimum atomic E-state index is -0.130. The quantitative estimate of drug-likeness (QED) is 0.558. The standard InChI is InChI=1S/C25H27NO2/c1-18(19-12-14-21(15-13-19)25(2,3)4)26-24(27)23(17-22-11-8-16-28-22)20-9-6-5-7-10-20/h5-18H,1-4H3,(H,26,27)/b23-17+/t18-/m0/s1. The summed E-state index contributed by atoms with van der Waals surface area (Å²) in [6.45, 7) is 8.58. The van der Waals surface area contributed by atoms with Crippen LogP contribution >= 0.6 is 0 Å². The fourth-order valence-electron chi connectivity index (χ4n) is 3.04. The maximum absolute atomic E-state index is 13.1. The number of carbonyl (C=O) groups is 1. The van der Waals surface area contributed by atoms with Crippen LogP contribution in [0.25, 0.3) is 11.6 Å². The molecule has 3 nitrogen and oxygen atoms in total. The number of benzene rings is 2. The average molecular weight is 373 g/mol. The molecule has 28 heavy (non-hydrogen) atoms. The molecule has 1 atom stereocenters. The molecule has 0 aliphatic rings. The van der Waals surface area contributed by atoms with Crippen LogP contribution in [0.5, 0.6) is 0 Å². The Kier molecular flexibility index (Phi) is 5.84. The molecule has 1 aromatic heterocycles. The van der Waals surface area contributed by atoms with Crippen molar-refractivity contribution >= 4 is 17.6 Å². The lowest BCUT2D eigenvalue weighted by Crippen LogP contribution is -2.27. The Balaban J connectivity index is 1.82. The maximum atomic E-state index is 13.1. The van der Waals surface area contributed by atoms with E-state index >= 15 is 0 Å². The molecule has 0 unspecified atom stereocenters. The number of amides is 1. The third kappa shape index (κ3) is 4.80. The van der Waals surface area contributed by atoms with E-state index < -0.39 is 0 Å².